The van der Waals surface area contributed by atoms with Crippen LogP contribution in [0.3, 0.4) is 0 Å². The maximum absolute atomic E-state index is 13.5. The molecule has 2 aliphatic heterocycles. The highest BCUT2D eigenvalue weighted by Crippen LogP contribution is 2.43. The Bertz CT molecular complexity index is 1480. The molecule has 2 aromatic heterocycles. The molecule has 5 N–H and O–H groups in total. The standard InChI is InChI=1S/C22H18N6O6S5/c23-21-25-11(7-36-21)15(39-12-4-2-1-3-10(12)19(31)32)16(29)26-13-17(30)28-14(20(33)34)9(5-35-18(13)28)6-37-22-27-24-8-38-22/h1-4,7-8,13,15,18H,5-6H2,(H2,23,25)(H,26,29)(H,31,32)(H,33,34)/t13?,15?,18-/m0/s1. The monoisotopic (exact) mass is 622 g/mol. The van der Waals surface area contributed by atoms with E-state index in [0.29, 0.717) is 32.0 Å². The van der Waals surface area contributed by atoms with E-state index in [2.05, 4.69) is 20.5 Å². The lowest BCUT2D eigenvalue weighted by atomic mass is 10.0. The summed E-state index contributed by atoms with van der Waals surface area (Å²) < 4.78 is 0.690. The number of β-lactam (4-membered cyclic amide) rings is 1. The number of nitrogens with one attached hydrogen (secondary N) is 1. The first kappa shape index (κ1) is 27.4. The summed E-state index contributed by atoms with van der Waals surface area (Å²) in [6.07, 6.45) is 0. The first-order valence-corrected chi connectivity index (χ1v) is 15.7. The molecule has 0 radical (unpaired) electrons. The van der Waals surface area contributed by atoms with Gasteiger partial charge in [0.2, 0.25) is 5.91 Å². The summed E-state index contributed by atoms with van der Waals surface area (Å²) >= 11 is 6.16. The van der Waals surface area contributed by atoms with E-state index in [0.717, 1.165) is 23.1 Å². The van der Waals surface area contributed by atoms with Gasteiger partial charge in [0.05, 0.1) is 11.3 Å². The van der Waals surface area contributed by atoms with Crippen LogP contribution in [0.4, 0.5) is 5.13 Å². The smallest absolute Gasteiger partial charge is 0.352 e. The number of carboxylic acids is 2. The fourth-order valence-corrected chi connectivity index (χ4v) is 8.70. The minimum Gasteiger partial charge on any atom is -0.478 e. The Labute approximate surface area is 241 Å². The highest BCUT2D eigenvalue weighted by atomic mass is 32.2. The molecule has 5 rings (SSSR count). The second-order valence-corrected chi connectivity index (χ2v) is 13.3. The number of nitrogens with zero attached hydrogens (tertiary/aromatic N) is 4. The number of benzene rings is 1. The molecule has 12 nitrogen and oxygen atoms in total. The molecule has 2 unspecified atom stereocenters. The van der Waals surface area contributed by atoms with Crippen LogP contribution in [-0.2, 0) is 14.4 Å². The Morgan fingerprint density at radius 2 is 2.00 bits per heavy atom. The Hall–Kier alpha value is -3.12. The Morgan fingerprint density at radius 1 is 1.21 bits per heavy atom. The summed E-state index contributed by atoms with van der Waals surface area (Å²) in [6.45, 7) is 0. The van der Waals surface area contributed by atoms with Crippen molar-refractivity contribution >= 4 is 86.8 Å². The number of nitrogens with two attached hydrogens (primary N) is 1. The summed E-state index contributed by atoms with van der Waals surface area (Å²) in [5.41, 5.74) is 8.21. The predicted octanol–water partition coefficient (Wildman–Crippen LogP) is 2.64. The van der Waals surface area contributed by atoms with Crippen molar-refractivity contribution in [3.05, 3.63) is 57.7 Å². The number of carbonyl (C=O) groups excluding carboxylic acids is 2. The van der Waals surface area contributed by atoms with Crippen molar-refractivity contribution in [2.45, 2.75) is 25.9 Å². The van der Waals surface area contributed by atoms with Gasteiger partial charge in [0, 0.05) is 21.8 Å². The van der Waals surface area contributed by atoms with Gasteiger partial charge >= 0.3 is 11.9 Å². The second kappa shape index (κ2) is 11.5. The molecule has 0 saturated carbocycles. The molecule has 1 fully saturated rings. The fourth-order valence-electron chi connectivity index (χ4n) is 3.94. The van der Waals surface area contributed by atoms with Gasteiger partial charge in [0.15, 0.2) is 9.47 Å². The molecule has 0 bridgehead atoms. The molecule has 202 valence electrons. The van der Waals surface area contributed by atoms with E-state index in [1.165, 1.54) is 45.8 Å². The third-order valence-electron chi connectivity index (χ3n) is 5.67. The lowest BCUT2D eigenvalue weighted by Crippen LogP contribution is -2.70. The maximum atomic E-state index is 13.5. The van der Waals surface area contributed by atoms with E-state index in [1.54, 1.807) is 29.1 Å². The number of aromatic carboxylic acids is 1. The number of hydrogen-bond acceptors (Lipinski definition) is 13. The molecule has 2 aliphatic rings. The van der Waals surface area contributed by atoms with Crippen LogP contribution < -0.4 is 11.1 Å². The molecule has 17 heteroatoms. The average molecular weight is 623 g/mol. The molecule has 1 saturated heterocycles. The number of aliphatic carboxylic acids is 1. The fraction of sp³-hybridized carbons (Fsp3) is 0.227. The van der Waals surface area contributed by atoms with Gasteiger partial charge in [-0.3, -0.25) is 14.5 Å². The molecule has 39 heavy (non-hydrogen) atoms. The van der Waals surface area contributed by atoms with Gasteiger partial charge in [-0.05, 0) is 17.7 Å². The quantitative estimate of drug-likeness (QED) is 0.191. The van der Waals surface area contributed by atoms with Gasteiger partial charge in [-0.2, -0.15) is 0 Å². The summed E-state index contributed by atoms with van der Waals surface area (Å²) in [5.74, 6) is -2.77. The summed E-state index contributed by atoms with van der Waals surface area (Å²) in [4.78, 5) is 56.2. The zero-order valence-electron chi connectivity index (χ0n) is 19.5. The Balaban J connectivity index is 1.35. The lowest BCUT2D eigenvalue weighted by Gasteiger charge is -2.49. The molecular weight excluding hydrogens is 605 g/mol. The zero-order chi connectivity index (χ0) is 27.7. The van der Waals surface area contributed by atoms with E-state index < -0.39 is 40.4 Å². The third-order valence-corrected chi connectivity index (χ3v) is 10.9. The molecule has 3 aromatic rings. The number of anilines is 1. The molecular formula is C22H18N6O6S5. The number of aromatic nitrogens is 3. The average Bonchev–Trinajstić information content (AvgIpc) is 3.60. The lowest BCUT2D eigenvalue weighted by molar-refractivity contribution is -0.150. The number of fused-ring (bicyclic) bond motifs is 1. The Morgan fingerprint density at radius 3 is 2.67 bits per heavy atom. The molecule has 4 heterocycles. The SMILES string of the molecule is Nc1nc(C(Sc2ccccc2C(=O)O)C(=O)NC2C(=O)N3C(C(=O)O)=C(CSc4nncs4)CS[C@@H]23)cs1. The number of thiazole rings is 1. The third kappa shape index (κ3) is 5.62. The number of hydrogen-bond donors (Lipinski definition) is 4. The summed E-state index contributed by atoms with van der Waals surface area (Å²) in [6, 6.07) is 5.30. The van der Waals surface area contributed by atoms with Gasteiger partial charge in [-0.25, -0.2) is 14.6 Å². The molecule has 0 aliphatic carbocycles. The largest absolute Gasteiger partial charge is 0.478 e. The van der Waals surface area contributed by atoms with Crippen LogP contribution in [0.15, 0.2) is 55.7 Å². The highest BCUT2D eigenvalue weighted by Gasteiger charge is 2.54. The first-order chi connectivity index (χ1) is 18.7. The van der Waals surface area contributed by atoms with Crippen LogP contribution in [0.25, 0.3) is 0 Å². The topological polar surface area (TPSA) is 189 Å². The summed E-state index contributed by atoms with van der Waals surface area (Å²) in [7, 11) is 0. The van der Waals surface area contributed by atoms with Crippen molar-refractivity contribution in [2.75, 3.05) is 17.2 Å². The van der Waals surface area contributed by atoms with Crippen molar-refractivity contribution in [1.82, 2.24) is 25.4 Å². The number of carboxylic acid groups (broad SMARTS) is 2. The van der Waals surface area contributed by atoms with Gasteiger partial charge in [0.25, 0.3) is 5.91 Å². The van der Waals surface area contributed by atoms with E-state index in [-0.39, 0.29) is 16.4 Å². The van der Waals surface area contributed by atoms with Gasteiger partial charge < -0.3 is 21.3 Å². The highest BCUT2D eigenvalue weighted by molar-refractivity contribution is 8.02. The zero-order valence-corrected chi connectivity index (χ0v) is 23.6. The predicted molar refractivity (Wildman–Crippen MR) is 149 cm³/mol. The van der Waals surface area contributed by atoms with Crippen LogP contribution in [0.2, 0.25) is 0 Å². The maximum Gasteiger partial charge on any atom is 0.352 e. The second-order valence-electron chi connectivity index (χ2n) is 8.06. The van der Waals surface area contributed by atoms with Gasteiger partial charge in [0.1, 0.15) is 27.9 Å². The van der Waals surface area contributed by atoms with Crippen molar-refractivity contribution in [3.63, 3.8) is 0 Å². The minimum atomic E-state index is -1.22. The number of amides is 2. The Kier molecular flexibility index (Phi) is 8.13. The van der Waals surface area contributed by atoms with E-state index >= 15 is 0 Å². The number of carbonyl (C=O) groups is 4. The van der Waals surface area contributed by atoms with Crippen LogP contribution >= 0.6 is 58.0 Å². The van der Waals surface area contributed by atoms with Crippen molar-refractivity contribution < 1.29 is 29.4 Å². The first-order valence-electron chi connectivity index (χ1n) is 11.0. The van der Waals surface area contributed by atoms with Crippen molar-refractivity contribution in [2.24, 2.45) is 0 Å². The minimum absolute atomic E-state index is 0.0207. The normalized spacial score (nSPS) is 19.3. The van der Waals surface area contributed by atoms with Crippen LogP contribution in [0.1, 0.15) is 21.3 Å². The van der Waals surface area contributed by atoms with Gasteiger partial charge in [-0.1, -0.05) is 35.2 Å². The molecule has 1 aromatic carbocycles. The summed E-state index contributed by atoms with van der Waals surface area (Å²) in [5, 5.41) is 30.2. The molecule has 2 amide bonds. The number of rotatable bonds is 10. The van der Waals surface area contributed by atoms with E-state index in [9.17, 15) is 29.4 Å². The van der Waals surface area contributed by atoms with Crippen LogP contribution in [0, 0.1) is 0 Å². The van der Waals surface area contributed by atoms with Crippen LogP contribution in [0.5, 0.6) is 0 Å². The van der Waals surface area contributed by atoms with E-state index in [1.807, 2.05) is 0 Å². The number of thioether (sulfide) groups is 3. The van der Waals surface area contributed by atoms with Crippen molar-refractivity contribution in [1.29, 1.82) is 0 Å². The molecule has 3 atom stereocenters. The number of nitrogen functional groups attached to an aromatic ring is 1. The van der Waals surface area contributed by atoms with Crippen LogP contribution in [-0.4, -0.2) is 77.0 Å². The molecule has 0 spiro atoms. The van der Waals surface area contributed by atoms with E-state index in [4.69, 9.17) is 5.73 Å². The van der Waals surface area contributed by atoms with Crippen molar-refractivity contribution in [3.8, 4) is 0 Å². The van der Waals surface area contributed by atoms with Gasteiger partial charge in [-0.15, -0.1) is 45.1 Å².